The van der Waals surface area contributed by atoms with Gasteiger partial charge in [-0.15, -0.1) is 0 Å². The van der Waals surface area contributed by atoms with Gasteiger partial charge in [0, 0.05) is 28.5 Å². The van der Waals surface area contributed by atoms with Crippen LogP contribution in [0.2, 0.25) is 0 Å². The molecule has 0 aliphatic heterocycles. The van der Waals surface area contributed by atoms with E-state index in [2.05, 4.69) is 109 Å². The normalized spacial score (nSPS) is 12.2. The zero-order valence-corrected chi connectivity index (χ0v) is 31.7. The van der Waals surface area contributed by atoms with Crippen molar-refractivity contribution in [3.05, 3.63) is 228 Å². The van der Waals surface area contributed by atoms with Crippen molar-refractivity contribution in [2.45, 2.75) is 5.41 Å². The van der Waals surface area contributed by atoms with Gasteiger partial charge in [-0.3, -0.25) is 4.98 Å². The second kappa shape index (κ2) is 14.6. The van der Waals surface area contributed by atoms with Crippen molar-refractivity contribution in [2.24, 2.45) is 0 Å². The van der Waals surface area contributed by atoms with Crippen molar-refractivity contribution >= 4 is 0 Å². The minimum Gasteiger partial charge on any atom is -0.256 e. The molecular weight excluding hydrogens is 721 g/mol. The Morgan fingerprint density at radius 3 is 1.47 bits per heavy atom. The maximum Gasteiger partial charge on any atom is 0.164 e. The molecule has 59 heavy (non-hydrogen) atoms. The van der Waals surface area contributed by atoms with Crippen LogP contribution in [0.1, 0.15) is 33.4 Å². The Labute approximate surface area is 342 Å². The number of hydrogen-bond donors (Lipinski definition) is 0. The molecule has 0 atom stereocenters. The van der Waals surface area contributed by atoms with Crippen LogP contribution in [0, 0.1) is 22.7 Å². The molecule has 0 amide bonds. The SMILES string of the molecule is N#Cc1ccc(-c2nc(-c3ccccc3)nc(-c3cc(-c4ccc5c(c4)C(c4ccccc4)(c4ccccc4)c4cc(C#N)ccc4-5)cc(-c4ccccn4)c3)n2)cc1. The van der Waals surface area contributed by atoms with Crippen LogP contribution in [0.3, 0.4) is 0 Å². The molecule has 0 bridgehead atoms. The van der Waals surface area contributed by atoms with Gasteiger partial charge in [0.25, 0.3) is 0 Å². The lowest BCUT2D eigenvalue weighted by Gasteiger charge is -2.34. The van der Waals surface area contributed by atoms with Crippen LogP contribution in [0.4, 0.5) is 0 Å². The van der Waals surface area contributed by atoms with Crippen LogP contribution in [-0.4, -0.2) is 19.9 Å². The molecule has 6 nitrogen and oxygen atoms in total. The summed E-state index contributed by atoms with van der Waals surface area (Å²) < 4.78 is 0. The molecule has 7 aromatic carbocycles. The molecular formula is C53H32N6. The molecule has 1 aliphatic rings. The van der Waals surface area contributed by atoms with Crippen molar-refractivity contribution in [3.63, 3.8) is 0 Å². The molecule has 9 aromatic rings. The molecule has 0 saturated heterocycles. The molecule has 0 spiro atoms. The van der Waals surface area contributed by atoms with Crippen LogP contribution in [-0.2, 0) is 5.41 Å². The largest absolute Gasteiger partial charge is 0.256 e. The average Bonchev–Trinajstić information content (AvgIpc) is 3.62. The maximum atomic E-state index is 10.1. The van der Waals surface area contributed by atoms with E-state index in [1.807, 2.05) is 78.9 Å². The van der Waals surface area contributed by atoms with Gasteiger partial charge in [0.05, 0.1) is 34.4 Å². The number of fused-ring (bicyclic) bond motifs is 3. The highest BCUT2D eigenvalue weighted by atomic mass is 15.0. The highest BCUT2D eigenvalue weighted by Gasteiger charge is 2.46. The summed E-state index contributed by atoms with van der Waals surface area (Å²) in [6.45, 7) is 0. The number of nitriles is 2. The first kappa shape index (κ1) is 35.1. The van der Waals surface area contributed by atoms with Crippen LogP contribution < -0.4 is 0 Å². The summed E-state index contributed by atoms with van der Waals surface area (Å²) in [6, 6.07) is 68.1. The van der Waals surface area contributed by atoms with E-state index in [0.29, 0.717) is 28.6 Å². The first-order chi connectivity index (χ1) is 29.1. The zero-order valence-electron chi connectivity index (χ0n) is 31.7. The molecule has 0 saturated carbocycles. The zero-order chi connectivity index (χ0) is 39.8. The molecule has 0 radical (unpaired) electrons. The topological polar surface area (TPSA) is 99.1 Å². The third-order valence-corrected chi connectivity index (χ3v) is 11.1. The van der Waals surface area contributed by atoms with Crippen molar-refractivity contribution in [2.75, 3.05) is 0 Å². The monoisotopic (exact) mass is 752 g/mol. The van der Waals surface area contributed by atoms with Gasteiger partial charge in [-0.1, -0.05) is 115 Å². The molecule has 0 N–H and O–H groups in total. The van der Waals surface area contributed by atoms with Gasteiger partial charge in [-0.05, 0) is 117 Å². The lowest BCUT2D eigenvalue weighted by atomic mass is 9.67. The Kier molecular flexibility index (Phi) is 8.71. The minimum atomic E-state index is -0.688. The van der Waals surface area contributed by atoms with E-state index in [4.69, 9.17) is 19.9 Å². The Morgan fingerprint density at radius 2 is 0.864 bits per heavy atom. The molecule has 2 heterocycles. The molecule has 2 aromatic heterocycles. The smallest absolute Gasteiger partial charge is 0.164 e. The standard InChI is InChI=1S/C53H32N6/c54-33-35-19-22-38(23-20-35)51-57-50(37-12-4-1-5-13-37)58-52(59-51)42-30-40(29-41(31-42)49-18-10-11-27-56-49)39-24-26-46-45-25-21-36(34-55)28-47(45)53(48(46)32-39,43-14-6-2-7-15-43)44-16-8-3-9-17-44/h1-32H. The molecule has 10 rings (SSSR count). The summed E-state index contributed by atoms with van der Waals surface area (Å²) in [7, 11) is 0. The number of nitrogens with zero attached hydrogens (tertiary/aromatic N) is 6. The Hall–Kier alpha value is -8.32. The Morgan fingerprint density at radius 1 is 0.373 bits per heavy atom. The Bertz CT molecular complexity index is 3060. The Balaban J connectivity index is 1.22. The fourth-order valence-electron chi connectivity index (χ4n) is 8.39. The summed E-state index contributed by atoms with van der Waals surface area (Å²) in [4.78, 5) is 19.8. The average molecular weight is 753 g/mol. The van der Waals surface area contributed by atoms with Crippen molar-refractivity contribution < 1.29 is 0 Å². The summed E-state index contributed by atoms with van der Waals surface area (Å²) in [5.41, 5.74) is 13.3. The van der Waals surface area contributed by atoms with Crippen LogP contribution in [0.15, 0.2) is 194 Å². The van der Waals surface area contributed by atoms with E-state index in [0.717, 1.165) is 72.5 Å². The third-order valence-electron chi connectivity index (χ3n) is 11.1. The van der Waals surface area contributed by atoms with Gasteiger partial charge in [-0.25, -0.2) is 15.0 Å². The molecule has 274 valence electrons. The number of aromatic nitrogens is 4. The summed E-state index contributed by atoms with van der Waals surface area (Å²) in [5.74, 6) is 1.56. The minimum absolute atomic E-state index is 0.505. The van der Waals surface area contributed by atoms with Gasteiger partial charge >= 0.3 is 0 Å². The maximum absolute atomic E-state index is 10.1. The molecule has 0 unspecified atom stereocenters. The van der Waals surface area contributed by atoms with E-state index in [9.17, 15) is 10.5 Å². The quantitative estimate of drug-likeness (QED) is 0.161. The molecule has 1 aliphatic carbocycles. The van der Waals surface area contributed by atoms with E-state index in [1.54, 1.807) is 18.3 Å². The van der Waals surface area contributed by atoms with Crippen molar-refractivity contribution in [1.82, 2.24) is 19.9 Å². The van der Waals surface area contributed by atoms with E-state index < -0.39 is 5.41 Å². The number of pyridine rings is 1. The van der Waals surface area contributed by atoms with Gasteiger partial charge in [0.2, 0.25) is 0 Å². The lowest BCUT2D eigenvalue weighted by Crippen LogP contribution is -2.28. The first-order valence-electron chi connectivity index (χ1n) is 19.3. The summed E-state index contributed by atoms with van der Waals surface area (Å²) >= 11 is 0. The number of rotatable bonds is 7. The lowest BCUT2D eigenvalue weighted by molar-refractivity contribution is 0.768. The first-order valence-corrected chi connectivity index (χ1v) is 19.3. The summed E-state index contributed by atoms with van der Waals surface area (Å²) in [6.07, 6.45) is 1.80. The van der Waals surface area contributed by atoms with Crippen molar-refractivity contribution in [3.8, 4) is 79.8 Å². The molecule has 0 fully saturated rings. The van der Waals surface area contributed by atoms with Gasteiger partial charge in [-0.2, -0.15) is 10.5 Å². The fraction of sp³-hybridized carbons (Fsp3) is 0.0189. The van der Waals surface area contributed by atoms with Crippen LogP contribution >= 0.6 is 0 Å². The van der Waals surface area contributed by atoms with E-state index in [-0.39, 0.29) is 0 Å². The molecule has 6 heteroatoms. The third kappa shape index (κ3) is 6.14. The second-order valence-electron chi connectivity index (χ2n) is 14.5. The number of hydrogen-bond acceptors (Lipinski definition) is 6. The highest BCUT2D eigenvalue weighted by molar-refractivity contribution is 5.90. The van der Waals surface area contributed by atoms with E-state index in [1.165, 1.54) is 0 Å². The van der Waals surface area contributed by atoms with E-state index >= 15 is 0 Å². The van der Waals surface area contributed by atoms with Gasteiger partial charge in [0.15, 0.2) is 17.5 Å². The van der Waals surface area contributed by atoms with Crippen molar-refractivity contribution in [1.29, 1.82) is 10.5 Å². The fourth-order valence-corrected chi connectivity index (χ4v) is 8.39. The number of benzene rings is 7. The van der Waals surface area contributed by atoms with Crippen LogP contribution in [0.5, 0.6) is 0 Å². The predicted molar refractivity (Wildman–Crippen MR) is 232 cm³/mol. The van der Waals surface area contributed by atoms with Crippen LogP contribution in [0.25, 0.3) is 67.7 Å². The van der Waals surface area contributed by atoms with Gasteiger partial charge < -0.3 is 0 Å². The highest BCUT2D eigenvalue weighted by Crippen LogP contribution is 2.57. The summed E-state index contributed by atoms with van der Waals surface area (Å²) in [5, 5.41) is 19.6. The second-order valence-corrected chi connectivity index (χ2v) is 14.5. The predicted octanol–water partition coefficient (Wildman–Crippen LogP) is 11.7. The van der Waals surface area contributed by atoms with Gasteiger partial charge in [0.1, 0.15) is 0 Å².